The fourth-order valence-electron chi connectivity index (χ4n) is 2.04. The first-order valence-corrected chi connectivity index (χ1v) is 7.96. The monoisotopic (exact) mass is 307 g/mol. The Labute approximate surface area is 129 Å². The maximum atomic E-state index is 9.83. The molecule has 0 aliphatic carbocycles. The molecule has 114 valence electrons. The number of hydrogen-bond acceptors (Lipinski definition) is 5. The number of aliphatic hydroxyl groups excluding tert-OH is 1. The molecule has 0 bridgehead atoms. The van der Waals surface area contributed by atoms with E-state index < -0.39 is 6.10 Å². The fraction of sp³-hybridized carbons (Fsp3) is 0.467. The third-order valence-corrected chi connectivity index (χ3v) is 4.14. The van der Waals surface area contributed by atoms with E-state index in [9.17, 15) is 5.11 Å². The van der Waals surface area contributed by atoms with Gasteiger partial charge in [0, 0.05) is 12.4 Å². The summed E-state index contributed by atoms with van der Waals surface area (Å²) < 4.78 is 7.16. The number of aliphatic hydroxyl groups is 1. The van der Waals surface area contributed by atoms with Gasteiger partial charge in [0.05, 0.1) is 18.4 Å². The van der Waals surface area contributed by atoms with E-state index in [-0.39, 0.29) is 0 Å². The summed E-state index contributed by atoms with van der Waals surface area (Å²) in [4.78, 5) is 0. The number of rotatable bonds is 7. The Balaban J connectivity index is 2.08. The van der Waals surface area contributed by atoms with Crippen molar-refractivity contribution in [1.82, 2.24) is 14.8 Å². The minimum absolute atomic E-state index is 0.348. The highest BCUT2D eigenvalue weighted by molar-refractivity contribution is 7.99. The molecule has 1 N–H and O–H groups in total. The van der Waals surface area contributed by atoms with E-state index >= 15 is 0 Å². The molecule has 0 aliphatic rings. The minimum atomic E-state index is -0.501. The third kappa shape index (κ3) is 4.30. The first-order chi connectivity index (χ1) is 10.1. The van der Waals surface area contributed by atoms with Crippen LogP contribution in [0.15, 0.2) is 29.7 Å². The average Bonchev–Trinajstić information content (AvgIpc) is 2.91. The highest BCUT2D eigenvalue weighted by Gasteiger charge is 2.12. The topological polar surface area (TPSA) is 60.2 Å². The van der Waals surface area contributed by atoms with E-state index in [4.69, 9.17) is 4.74 Å². The molecule has 0 saturated heterocycles. The van der Waals surface area contributed by atoms with Gasteiger partial charge in [-0.05, 0) is 32.4 Å². The summed E-state index contributed by atoms with van der Waals surface area (Å²) in [6.45, 7) is 7.02. The molecule has 1 heterocycles. The Hall–Kier alpha value is -1.37. The summed E-state index contributed by atoms with van der Waals surface area (Å²) in [6, 6.07) is 6.27. The third-order valence-electron chi connectivity index (χ3n) is 3.05. The van der Waals surface area contributed by atoms with Gasteiger partial charge >= 0.3 is 0 Å². The Kier molecular flexibility index (Phi) is 5.78. The molecule has 1 aromatic heterocycles. The number of ether oxygens (including phenoxy) is 1. The summed E-state index contributed by atoms with van der Waals surface area (Å²) in [5.41, 5.74) is 3.46. The minimum Gasteiger partial charge on any atom is -0.390 e. The van der Waals surface area contributed by atoms with E-state index in [1.807, 2.05) is 11.5 Å². The van der Waals surface area contributed by atoms with Crippen molar-refractivity contribution >= 4 is 11.8 Å². The zero-order valence-electron chi connectivity index (χ0n) is 12.6. The van der Waals surface area contributed by atoms with Gasteiger partial charge in [0.1, 0.15) is 6.33 Å². The van der Waals surface area contributed by atoms with Crippen LogP contribution < -0.4 is 0 Å². The summed E-state index contributed by atoms with van der Waals surface area (Å²) in [5, 5.41) is 18.7. The number of aryl methyl sites for hydroxylation is 2. The Bertz CT molecular complexity index is 586. The van der Waals surface area contributed by atoms with Crippen LogP contribution in [-0.2, 0) is 4.74 Å². The zero-order chi connectivity index (χ0) is 15.2. The van der Waals surface area contributed by atoms with Crippen LogP contribution in [0.1, 0.15) is 18.1 Å². The van der Waals surface area contributed by atoms with E-state index in [2.05, 4.69) is 42.2 Å². The van der Waals surface area contributed by atoms with Crippen LogP contribution in [0.4, 0.5) is 0 Å². The second kappa shape index (κ2) is 7.59. The number of thioether (sulfide) groups is 1. The van der Waals surface area contributed by atoms with Crippen molar-refractivity contribution in [2.45, 2.75) is 32.0 Å². The molecule has 2 rings (SSSR count). The average molecular weight is 307 g/mol. The predicted molar refractivity (Wildman–Crippen MR) is 84.1 cm³/mol. The smallest absolute Gasteiger partial charge is 0.195 e. The van der Waals surface area contributed by atoms with Crippen LogP contribution in [-0.4, -0.2) is 44.9 Å². The Morgan fingerprint density at radius 3 is 2.90 bits per heavy atom. The molecule has 1 atom stereocenters. The quantitative estimate of drug-likeness (QED) is 0.796. The molecule has 1 aromatic carbocycles. The molecule has 6 heteroatoms. The Morgan fingerprint density at radius 1 is 1.38 bits per heavy atom. The van der Waals surface area contributed by atoms with Crippen molar-refractivity contribution in [3.63, 3.8) is 0 Å². The van der Waals surface area contributed by atoms with E-state index in [1.165, 1.54) is 22.9 Å². The normalized spacial score (nSPS) is 12.6. The first-order valence-electron chi connectivity index (χ1n) is 6.98. The van der Waals surface area contributed by atoms with Crippen molar-refractivity contribution in [2.75, 3.05) is 19.0 Å². The van der Waals surface area contributed by atoms with Gasteiger partial charge in [-0.2, -0.15) is 0 Å². The highest BCUT2D eigenvalue weighted by Crippen LogP contribution is 2.23. The summed E-state index contributed by atoms with van der Waals surface area (Å²) >= 11 is 1.48. The first kappa shape index (κ1) is 16.0. The second-order valence-electron chi connectivity index (χ2n) is 4.90. The Morgan fingerprint density at radius 2 is 2.19 bits per heavy atom. The van der Waals surface area contributed by atoms with E-state index in [0.29, 0.717) is 19.0 Å². The van der Waals surface area contributed by atoms with Crippen LogP contribution in [0.3, 0.4) is 0 Å². The van der Waals surface area contributed by atoms with Gasteiger partial charge in [0.15, 0.2) is 5.16 Å². The van der Waals surface area contributed by atoms with Gasteiger partial charge in [0.25, 0.3) is 0 Å². The lowest BCUT2D eigenvalue weighted by atomic mass is 10.1. The molecule has 2 aromatic rings. The van der Waals surface area contributed by atoms with Crippen molar-refractivity contribution in [1.29, 1.82) is 0 Å². The predicted octanol–water partition coefficient (Wildman–Crippen LogP) is 2.37. The van der Waals surface area contributed by atoms with Crippen molar-refractivity contribution < 1.29 is 9.84 Å². The maximum Gasteiger partial charge on any atom is 0.195 e. The second-order valence-corrected chi connectivity index (χ2v) is 5.88. The lowest BCUT2D eigenvalue weighted by molar-refractivity contribution is 0.0551. The SMILES string of the molecule is CCOCC(O)CSc1nncn1-c1ccc(C)cc1C. The molecule has 21 heavy (non-hydrogen) atoms. The van der Waals surface area contributed by atoms with Crippen LogP contribution in [0.5, 0.6) is 0 Å². The lowest BCUT2D eigenvalue weighted by Gasteiger charge is -2.12. The van der Waals surface area contributed by atoms with Gasteiger partial charge in [-0.15, -0.1) is 10.2 Å². The molecular weight excluding hydrogens is 286 g/mol. The van der Waals surface area contributed by atoms with Crippen LogP contribution >= 0.6 is 11.8 Å². The van der Waals surface area contributed by atoms with Gasteiger partial charge in [-0.25, -0.2) is 0 Å². The summed E-state index contributed by atoms with van der Waals surface area (Å²) in [5.74, 6) is 0.531. The standard InChI is InChI=1S/C15H21N3O2S/c1-4-20-8-13(19)9-21-15-17-16-10-18(15)14-6-5-11(2)7-12(14)3/h5-7,10,13,19H,4,8-9H2,1-3H3. The molecule has 5 nitrogen and oxygen atoms in total. The lowest BCUT2D eigenvalue weighted by Crippen LogP contribution is -2.18. The van der Waals surface area contributed by atoms with Gasteiger partial charge in [-0.3, -0.25) is 4.57 Å². The van der Waals surface area contributed by atoms with Gasteiger partial charge in [0.2, 0.25) is 0 Å². The molecule has 0 amide bonds. The summed E-state index contributed by atoms with van der Waals surface area (Å²) in [7, 11) is 0. The van der Waals surface area contributed by atoms with Crippen LogP contribution in [0, 0.1) is 13.8 Å². The molecule has 0 spiro atoms. The number of hydrogen-bond donors (Lipinski definition) is 1. The number of nitrogens with zero attached hydrogens (tertiary/aromatic N) is 3. The van der Waals surface area contributed by atoms with Gasteiger partial charge in [-0.1, -0.05) is 29.5 Å². The largest absolute Gasteiger partial charge is 0.390 e. The van der Waals surface area contributed by atoms with Crippen molar-refractivity contribution in [3.05, 3.63) is 35.7 Å². The number of aromatic nitrogens is 3. The molecular formula is C15H21N3O2S. The molecule has 1 unspecified atom stereocenters. The van der Waals surface area contributed by atoms with Gasteiger partial charge < -0.3 is 9.84 Å². The summed E-state index contributed by atoms with van der Waals surface area (Å²) in [6.07, 6.45) is 1.20. The zero-order valence-corrected chi connectivity index (χ0v) is 13.4. The van der Waals surface area contributed by atoms with Crippen molar-refractivity contribution in [3.8, 4) is 5.69 Å². The molecule has 0 fully saturated rings. The fourth-order valence-corrected chi connectivity index (χ4v) is 2.86. The highest BCUT2D eigenvalue weighted by atomic mass is 32.2. The van der Waals surface area contributed by atoms with Crippen LogP contribution in [0.25, 0.3) is 5.69 Å². The van der Waals surface area contributed by atoms with Crippen molar-refractivity contribution in [2.24, 2.45) is 0 Å². The van der Waals surface area contributed by atoms with Crippen LogP contribution in [0.2, 0.25) is 0 Å². The van der Waals surface area contributed by atoms with E-state index in [1.54, 1.807) is 6.33 Å². The maximum absolute atomic E-state index is 9.83. The molecule has 0 saturated carbocycles. The number of benzene rings is 1. The van der Waals surface area contributed by atoms with E-state index in [0.717, 1.165) is 10.8 Å². The molecule has 0 radical (unpaired) electrons. The molecule has 0 aliphatic heterocycles.